The molecule has 1 atom stereocenters. The highest BCUT2D eigenvalue weighted by Gasteiger charge is 2.48. The fraction of sp³-hybridized carbons (Fsp3) is 0.500. The molecule has 0 spiro atoms. The van der Waals surface area contributed by atoms with E-state index >= 15 is 0 Å². The number of halogens is 1. The molecular formula is C20H27ClN4O. The lowest BCUT2D eigenvalue weighted by Crippen LogP contribution is -2.63. The summed E-state index contributed by atoms with van der Waals surface area (Å²) >= 11 is 5.89. The van der Waals surface area contributed by atoms with Crippen molar-refractivity contribution in [2.24, 2.45) is 5.41 Å². The van der Waals surface area contributed by atoms with E-state index in [9.17, 15) is 5.11 Å². The van der Waals surface area contributed by atoms with Gasteiger partial charge in [-0.05, 0) is 57.6 Å². The lowest BCUT2D eigenvalue weighted by atomic mass is 9.65. The van der Waals surface area contributed by atoms with Gasteiger partial charge in [-0.15, -0.1) is 10.2 Å². The predicted molar refractivity (Wildman–Crippen MR) is 107 cm³/mol. The second-order valence-electron chi connectivity index (χ2n) is 8.15. The predicted octanol–water partition coefficient (Wildman–Crippen LogP) is 4.42. The molecule has 5 nitrogen and oxygen atoms in total. The quantitative estimate of drug-likeness (QED) is 0.832. The molecular weight excluding hydrogens is 348 g/mol. The molecule has 0 bridgehead atoms. The van der Waals surface area contributed by atoms with Crippen LogP contribution >= 0.6 is 11.6 Å². The SMILES string of the molecule is CN1CCC(Nc2ccc(-c3ccc(Cl)cc3O)nn2)C(C)(C)C1(C)C. The number of nitrogens with zero attached hydrogens (tertiary/aromatic N) is 3. The van der Waals surface area contributed by atoms with Gasteiger partial charge in [0.25, 0.3) is 0 Å². The molecule has 140 valence electrons. The van der Waals surface area contributed by atoms with Crippen molar-refractivity contribution in [3.63, 3.8) is 0 Å². The number of nitrogens with one attached hydrogen (secondary N) is 1. The van der Waals surface area contributed by atoms with Gasteiger partial charge in [-0.25, -0.2) is 0 Å². The molecule has 1 aliphatic rings. The summed E-state index contributed by atoms with van der Waals surface area (Å²) in [6, 6.07) is 9.07. The van der Waals surface area contributed by atoms with Crippen molar-refractivity contribution in [1.82, 2.24) is 15.1 Å². The molecule has 6 heteroatoms. The maximum Gasteiger partial charge on any atom is 0.148 e. The van der Waals surface area contributed by atoms with Crippen LogP contribution < -0.4 is 5.32 Å². The van der Waals surface area contributed by atoms with Gasteiger partial charge in [0.1, 0.15) is 11.6 Å². The fourth-order valence-electron chi connectivity index (χ4n) is 3.59. The summed E-state index contributed by atoms with van der Waals surface area (Å²) in [4.78, 5) is 2.42. The van der Waals surface area contributed by atoms with Crippen molar-refractivity contribution >= 4 is 17.4 Å². The van der Waals surface area contributed by atoms with Crippen molar-refractivity contribution in [3.05, 3.63) is 35.4 Å². The molecule has 1 aromatic carbocycles. The Morgan fingerprint density at radius 1 is 1.15 bits per heavy atom. The Bertz CT molecular complexity index is 789. The molecule has 1 unspecified atom stereocenters. The highest BCUT2D eigenvalue weighted by atomic mass is 35.5. The van der Waals surface area contributed by atoms with Gasteiger partial charge >= 0.3 is 0 Å². The average molecular weight is 375 g/mol. The Balaban J connectivity index is 1.79. The zero-order chi connectivity index (χ0) is 19.1. The summed E-state index contributed by atoms with van der Waals surface area (Å²) in [5.74, 6) is 0.853. The first-order valence-electron chi connectivity index (χ1n) is 8.93. The monoisotopic (exact) mass is 374 g/mol. The molecule has 26 heavy (non-hydrogen) atoms. The van der Waals surface area contributed by atoms with E-state index in [1.54, 1.807) is 12.1 Å². The molecule has 1 aliphatic heterocycles. The van der Waals surface area contributed by atoms with Crippen molar-refractivity contribution in [1.29, 1.82) is 0 Å². The van der Waals surface area contributed by atoms with E-state index in [1.165, 1.54) is 6.07 Å². The third-order valence-electron chi connectivity index (χ3n) is 6.38. The van der Waals surface area contributed by atoms with Crippen LogP contribution in [0.15, 0.2) is 30.3 Å². The average Bonchev–Trinajstić information content (AvgIpc) is 2.57. The second-order valence-corrected chi connectivity index (χ2v) is 8.59. The summed E-state index contributed by atoms with van der Waals surface area (Å²) in [7, 11) is 2.19. The zero-order valence-corrected chi connectivity index (χ0v) is 16.8. The topological polar surface area (TPSA) is 61.3 Å². The minimum absolute atomic E-state index is 0.0643. The maximum atomic E-state index is 10.1. The van der Waals surface area contributed by atoms with Gasteiger partial charge in [0, 0.05) is 34.1 Å². The van der Waals surface area contributed by atoms with E-state index in [4.69, 9.17) is 11.6 Å². The maximum absolute atomic E-state index is 10.1. The van der Waals surface area contributed by atoms with Crippen LogP contribution in [0.2, 0.25) is 5.02 Å². The summed E-state index contributed by atoms with van der Waals surface area (Å²) in [6.45, 7) is 10.2. The third kappa shape index (κ3) is 3.26. The highest BCUT2D eigenvalue weighted by Crippen LogP contribution is 2.43. The number of phenolic OH excluding ortho intramolecular Hbond substituents is 1. The molecule has 1 aromatic heterocycles. The molecule has 2 aromatic rings. The number of piperidine rings is 1. The Kier molecular flexibility index (Phi) is 4.88. The van der Waals surface area contributed by atoms with E-state index < -0.39 is 0 Å². The van der Waals surface area contributed by atoms with Crippen LogP contribution in [0.25, 0.3) is 11.3 Å². The van der Waals surface area contributed by atoms with Crippen molar-refractivity contribution in [2.75, 3.05) is 18.9 Å². The van der Waals surface area contributed by atoms with Crippen LogP contribution in [0.5, 0.6) is 5.75 Å². The molecule has 2 heterocycles. The van der Waals surface area contributed by atoms with Crippen LogP contribution in [-0.4, -0.2) is 45.4 Å². The van der Waals surface area contributed by atoms with E-state index in [2.05, 4.69) is 55.2 Å². The van der Waals surface area contributed by atoms with E-state index in [0.29, 0.717) is 22.3 Å². The molecule has 0 amide bonds. The second kappa shape index (κ2) is 6.71. The third-order valence-corrected chi connectivity index (χ3v) is 6.61. The first-order valence-corrected chi connectivity index (χ1v) is 9.31. The van der Waals surface area contributed by atoms with Crippen LogP contribution in [0, 0.1) is 5.41 Å². The number of aromatic nitrogens is 2. The minimum atomic E-state index is 0.0643. The molecule has 0 radical (unpaired) electrons. The number of benzene rings is 1. The summed E-state index contributed by atoms with van der Waals surface area (Å²) < 4.78 is 0. The molecule has 3 rings (SSSR count). The van der Waals surface area contributed by atoms with Gasteiger partial charge in [0.15, 0.2) is 0 Å². The van der Waals surface area contributed by atoms with Gasteiger partial charge in [-0.2, -0.15) is 0 Å². The van der Waals surface area contributed by atoms with Crippen molar-refractivity contribution in [2.45, 2.75) is 45.7 Å². The van der Waals surface area contributed by atoms with Gasteiger partial charge in [-0.1, -0.05) is 25.4 Å². The van der Waals surface area contributed by atoms with Gasteiger partial charge in [-0.3, -0.25) is 0 Å². The Hall–Kier alpha value is -1.85. The van der Waals surface area contributed by atoms with Crippen LogP contribution in [-0.2, 0) is 0 Å². The number of phenols is 1. The van der Waals surface area contributed by atoms with Crippen LogP contribution in [0.3, 0.4) is 0 Å². The number of hydrogen-bond donors (Lipinski definition) is 2. The molecule has 1 saturated heterocycles. The Morgan fingerprint density at radius 2 is 1.88 bits per heavy atom. The number of anilines is 1. The molecule has 0 saturated carbocycles. The Morgan fingerprint density at radius 3 is 2.50 bits per heavy atom. The van der Waals surface area contributed by atoms with Gasteiger partial charge in [0.2, 0.25) is 0 Å². The molecule has 0 aliphatic carbocycles. The van der Waals surface area contributed by atoms with Crippen molar-refractivity contribution < 1.29 is 5.11 Å². The van der Waals surface area contributed by atoms with Crippen molar-refractivity contribution in [3.8, 4) is 17.0 Å². The number of rotatable bonds is 3. The van der Waals surface area contributed by atoms with E-state index in [1.807, 2.05) is 12.1 Å². The van der Waals surface area contributed by atoms with E-state index in [0.717, 1.165) is 18.8 Å². The number of likely N-dealkylation sites (tertiary alicyclic amines) is 1. The van der Waals surface area contributed by atoms with Crippen LogP contribution in [0.4, 0.5) is 5.82 Å². The molecule has 1 fully saturated rings. The van der Waals surface area contributed by atoms with Gasteiger partial charge < -0.3 is 15.3 Å². The lowest BCUT2D eigenvalue weighted by molar-refractivity contribution is -0.0218. The van der Waals surface area contributed by atoms with Crippen LogP contribution in [0.1, 0.15) is 34.1 Å². The summed E-state index contributed by atoms with van der Waals surface area (Å²) in [5.41, 5.74) is 1.38. The number of hydrogen-bond acceptors (Lipinski definition) is 5. The molecule has 2 N–H and O–H groups in total. The zero-order valence-electron chi connectivity index (χ0n) is 16.0. The Labute approximate surface area is 160 Å². The standard InChI is InChI=1S/C20H27ClN4O/c1-19(2)17(10-11-25(5)20(19,3)4)22-18-9-8-15(23-24-18)14-7-6-13(21)12-16(14)26/h6-9,12,17,26H,10-11H2,1-5H3,(H,22,24). The fourth-order valence-corrected chi connectivity index (χ4v) is 3.75. The smallest absolute Gasteiger partial charge is 0.148 e. The normalized spacial score (nSPS) is 22.2. The lowest BCUT2D eigenvalue weighted by Gasteiger charge is -2.56. The number of aromatic hydroxyl groups is 1. The summed E-state index contributed by atoms with van der Waals surface area (Å²) in [6.07, 6.45) is 1.05. The first kappa shape index (κ1) is 18.9. The highest BCUT2D eigenvalue weighted by molar-refractivity contribution is 6.30. The summed E-state index contributed by atoms with van der Waals surface area (Å²) in [5, 5.41) is 22.7. The first-order chi connectivity index (χ1) is 12.1. The largest absolute Gasteiger partial charge is 0.507 e. The minimum Gasteiger partial charge on any atom is -0.507 e. The van der Waals surface area contributed by atoms with E-state index in [-0.39, 0.29) is 16.7 Å². The van der Waals surface area contributed by atoms with Gasteiger partial charge in [0.05, 0.1) is 5.69 Å².